The lowest BCUT2D eigenvalue weighted by molar-refractivity contribution is -0.110. The monoisotopic (exact) mass is 182 g/mol. The first kappa shape index (κ1) is 9.16. The Morgan fingerprint density at radius 2 is 2.00 bits per heavy atom. The summed E-state index contributed by atoms with van der Waals surface area (Å²) >= 11 is 0. The van der Waals surface area contributed by atoms with Crippen LogP contribution in [0.5, 0.6) is 0 Å². The predicted molar refractivity (Wildman–Crippen MR) is 51.7 cm³/mol. The standard InChI is InChI=1S/C10H18N2O/c13-8-9-10(4-5-11-9)12-6-2-1-3-7-12/h8-11H,1-7H2/t9-,10-/m1/s1. The molecule has 2 aliphatic heterocycles. The molecule has 0 saturated carbocycles. The highest BCUT2D eigenvalue weighted by atomic mass is 16.1. The molecule has 3 nitrogen and oxygen atoms in total. The number of hydrogen-bond donors (Lipinski definition) is 1. The average Bonchev–Trinajstić information content (AvgIpc) is 2.67. The lowest BCUT2D eigenvalue weighted by atomic mass is 10.0. The van der Waals surface area contributed by atoms with E-state index in [1.807, 2.05) is 0 Å². The molecule has 0 radical (unpaired) electrons. The van der Waals surface area contributed by atoms with Gasteiger partial charge in [0, 0.05) is 6.04 Å². The highest BCUT2D eigenvalue weighted by Crippen LogP contribution is 2.18. The Kier molecular flexibility index (Phi) is 2.96. The first-order valence-electron chi connectivity index (χ1n) is 5.34. The fourth-order valence-corrected chi connectivity index (χ4v) is 2.51. The Labute approximate surface area is 79.5 Å². The fraction of sp³-hybridized carbons (Fsp3) is 0.900. The summed E-state index contributed by atoms with van der Waals surface area (Å²) in [7, 11) is 0. The Balaban J connectivity index is 1.93. The number of carbonyl (C=O) groups is 1. The lowest BCUT2D eigenvalue weighted by Crippen LogP contribution is -2.46. The molecule has 0 aromatic rings. The second kappa shape index (κ2) is 4.20. The molecule has 0 bridgehead atoms. The smallest absolute Gasteiger partial charge is 0.138 e. The van der Waals surface area contributed by atoms with Crippen molar-refractivity contribution >= 4 is 6.29 Å². The number of likely N-dealkylation sites (tertiary alicyclic amines) is 1. The Bertz CT molecular complexity index is 178. The molecule has 2 aliphatic rings. The molecule has 2 atom stereocenters. The van der Waals surface area contributed by atoms with Crippen molar-refractivity contribution in [1.82, 2.24) is 10.2 Å². The van der Waals surface area contributed by atoms with Crippen molar-refractivity contribution in [2.45, 2.75) is 37.8 Å². The molecule has 74 valence electrons. The number of nitrogens with one attached hydrogen (secondary N) is 1. The van der Waals surface area contributed by atoms with Crippen LogP contribution in [0.4, 0.5) is 0 Å². The highest BCUT2D eigenvalue weighted by Gasteiger charge is 2.31. The van der Waals surface area contributed by atoms with Gasteiger partial charge in [-0.2, -0.15) is 0 Å². The Hall–Kier alpha value is -0.410. The zero-order valence-electron chi connectivity index (χ0n) is 8.04. The maximum atomic E-state index is 10.8. The minimum absolute atomic E-state index is 0.0955. The van der Waals surface area contributed by atoms with Gasteiger partial charge in [-0.25, -0.2) is 0 Å². The van der Waals surface area contributed by atoms with Crippen LogP contribution in [0.25, 0.3) is 0 Å². The lowest BCUT2D eigenvalue weighted by Gasteiger charge is -2.33. The molecule has 0 amide bonds. The number of hydrogen-bond acceptors (Lipinski definition) is 3. The van der Waals surface area contributed by atoms with Crippen molar-refractivity contribution in [3.8, 4) is 0 Å². The molecule has 0 aromatic carbocycles. The number of piperidine rings is 1. The van der Waals surface area contributed by atoms with Gasteiger partial charge in [-0.15, -0.1) is 0 Å². The van der Waals surface area contributed by atoms with E-state index in [2.05, 4.69) is 10.2 Å². The molecule has 0 aliphatic carbocycles. The van der Waals surface area contributed by atoms with Crippen LogP contribution in [0, 0.1) is 0 Å². The highest BCUT2D eigenvalue weighted by molar-refractivity contribution is 5.59. The number of rotatable bonds is 2. The largest absolute Gasteiger partial charge is 0.306 e. The third-order valence-corrected chi connectivity index (χ3v) is 3.24. The van der Waals surface area contributed by atoms with Crippen LogP contribution in [0.3, 0.4) is 0 Å². The van der Waals surface area contributed by atoms with Gasteiger partial charge in [0.1, 0.15) is 6.29 Å². The zero-order valence-corrected chi connectivity index (χ0v) is 8.04. The molecule has 1 N–H and O–H groups in total. The van der Waals surface area contributed by atoms with Gasteiger partial charge in [0.05, 0.1) is 6.04 Å². The van der Waals surface area contributed by atoms with E-state index in [0.717, 1.165) is 19.3 Å². The molecule has 2 saturated heterocycles. The molecule has 13 heavy (non-hydrogen) atoms. The van der Waals surface area contributed by atoms with Crippen molar-refractivity contribution in [2.24, 2.45) is 0 Å². The second-order valence-electron chi connectivity index (χ2n) is 4.07. The van der Waals surface area contributed by atoms with Crippen molar-refractivity contribution in [3.05, 3.63) is 0 Å². The van der Waals surface area contributed by atoms with E-state index < -0.39 is 0 Å². The van der Waals surface area contributed by atoms with Crippen molar-refractivity contribution in [2.75, 3.05) is 19.6 Å². The first-order valence-corrected chi connectivity index (χ1v) is 5.34. The minimum atomic E-state index is 0.0955. The van der Waals surface area contributed by atoms with E-state index in [1.54, 1.807) is 0 Å². The molecular weight excluding hydrogens is 164 g/mol. The van der Waals surface area contributed by atoms with Crippen LogP contribution < -0.4 is 5.32 Å². The number of carbonyl (C=O) groups excluding carboxylic acids is 1. The van der Waals surface area contributed by atoms with Crippen LogP contribution in [-0.4, -0.2) is 42.9 Å². The summed E-state index contributed by atoms with van der Waals surface area (Å²) in [5.41, 5.74) is 0. The third-order valence-electron chi connectivity index (χ3n) is 3.24. The van der Waals surface area contributed by atoms with Gasteiger partial charge < -0.3 is 10.1 Å². The molecular formula is C10H18N2O. The second-order valence-corrected chi connectivity index (χ2v) is 4.07. The summed E-state index contributed by atoms with van der Waals surface area (Å²) in [4.78, 5) is 13.3. The van der Waals surface area contributed by atoms with Gasteiger partial charge in [0.2, 0.25) is 0 Å². The first-order chi connectivity index (χ1) is 6.42. The van der Waals surface area contributed by atoms with Gasteiger partial charge in [-0.1, -0.05) is 6.42 Å². The predicted octanol–water partition coefficient (Wildman–Crippen LogP) is 0.402. The van der Waals surface area contributed by atoms with Crippen LogP contribution in [0.15, 0.2) is 0 Å². The fourth-order valence-electron chi connectivity index (χ4n) is 2.51. The summed E-state index contributed by atoms with van der Waals surface area (Å²) in [6.07, 6.45) is 6.20. The summed E-state index contributed by atoms with van der Waals surface area (Å²) in [6.45, 7) is 3.39. The van der Waals surface area contributed by atoms with Gasteiger partial charge in [-0.05, 0) is 38.9 Å². The van der Waals surface area contributed by atoms with Crippen LogP contribution >= 0.6 is 0 Å². The van der Waals surface area contributed by atoms with Crippen LogP contribution in [-0.2, 0) is 4.79 Å². The summed E-state index contributed by atoms with van der Waals surface area (Å²) in [6, 6.07) is 0.580. The van der Waals surface area contributed by atoms with E-state index >= 15 is 0 Å². The number of nitrogens with zero attached hydrogens (tertiary/aromatic N) is 1. The van der Waals surface area contributed by atoms with Crippen LogP contribution in [0.2, 0.25) is 0 Å². The molecule has 2 rings (SSSR count). The minimum Gasteiger partial charge on any atom is -0.306 e. The summed E-state index contributed by atoms with van der Waals surface area (Å²) in [5.74, 6) is 0. The molecule has 3 heteroatoms. The van der Waals surface area contributed by atoms with Crippen LogP contribution in [0.1, 0.15) is 25.7 Å². The normalized spacial score (nSPS) is 36.3. The van der Waals surface area contributed by atoms with E-state index in [0.29, 0.717) is 6.04 Å². The van der Waals surface area contributed by atoms with Crippen molar-refractivity contribution in [1.29, 1.82) is 0 Å². The molecule has 0 unspecified atom stereocenters. The van der Waals surface area contributed by atoms with Crippen molar-refractivity contribution < 1.29 is 4.79 Å². The molecule has 2 fully saturated rings. The van der Waals surface area contributed by atoms with Gasteiger partial charge in [0.15, 0.2) is 0 Å². The molecule has 2 heterocycles. The van der Waals surface area contributed by atoms with E-state index in [1.165, 1.54) is 32.4 Å². The Morgan fingerprint density at radius 3 is 2.69 bits per heavy atom. The maximum Gasteiger partial charge on any atom is 0.138 e. The van der Waals surface area contributed by atoms with Gasteiger partial charge in [-0.3, -0.25) is 4.90 Å². The van der Waals surface area contributed by atoms with Gasteiger partial charge >= 0.3 is 0 Å². The van der Waals surface area contributed by atoms with Crippen molar-refractivity contribution in [3.63, 3.8) is 0 Å². The quantitative estimate of drug-likeness (QED) is 0.627. The number of aldehydes is 1. The van der Waals surface area contributed by atoms with E-state index in [9.17, 15) is 4.79 Å². The molecule has 0 spiro atoms. The summed E-state index contributed by atoms with van der Waals surface area (Å²) < 4.78 is 0. The van der Waals surface area contributed by atoms with Gasteiger partial charge in [0.25, 0.3) is 0 Å². The maximum absolute atomic E-state index is 10.8. The SMILES string of the molecule is O=C[C@H]1NCC[C@H]1N1CCCCC1. The summed E-state index contributed by atoms with van der Waals surface area (Å²) in [5, 5.41) is 3.24. The topological polar surface area (TPSA) is 32.3 Å². The average molecular weight is 182 g/mol. The third kappa shape index (κ3) is 1.92. The van der Waals surface area contributed by atoms with E-state index in [-0.39, 0.29) is 6.04 Å². The Morgan fingerprint density at radius 1 is 1.23 bits per heavy atom. The molecule has 0 aromatic heterocycles. The van der Waals surface area contributed by atoms with E-state index in [4.69, 9.17) is 0 Å². The zero-order chi connectivity index (χ0) is 9.10.